The molecular formula is C13H24N2O4. The fourth-order valence-electron chi connectivity index (χ4n) is 1.73. The van der Waals surface area contributed by atoms with E-state index in [1.807, 2.05) is 0 Å². The molecule has 4 N–H and O–H groups in total. The van der Waals surface area contributed by atoms with E-state index in [9.17, 15) is 14.4 Å². The average molecular weight is 272 g/mol. The number of carboxylic acid groups (broad SMARTS) is 1. The van der Waals surface area contributed by atoms with E-state index in [1.165, 1.54) is 12.8 Å². The molecule has 0 aliphatic carbocycles. The summed E-state index contributed by atoms with van der Waals surface area (Å²) in [6, 6.07) is -1.22. The molecule has 2 amide bonds. The Balaban J connectivity index is 3.81. The van der Waals surface area contributed by atoms with Crippen molar-refractivity contribution in [2.75, 3.05) is 0 Å². The summed E-state index contributed by atoms with van der Waals surface area (Å²) >= 11 is 0. The van der Waals surface area contributed by atoms with Gasteiger partial charge >= 0.3 is 5.97 Å². The van der Waals surface area contributed by atoms with Crippen LogP contribution in [0, 0.1) is 0 Å². The Kier molecular flexibility index (Phi) is 9.48. The van der Waals surface area contributed by atoms with Crippen LogP contribution in [0.1, 0.15) is 58.3 Å². The van der Waals surface area contributed by atoms with Crippen molar-refractivity contribution in [2.24, 2.45) is 5.73 Å². The van der Waals surface area contributed by atoms with Gasteiger partial charge in [-0.15, -0.1) is 0 Å². The van der Waals surface area contributed by atoms with Gasteiger partial charge in [0.25, 0.3) is 0 Å². The molecule has 1 unspecified atom stereocenters. The molecule has 0 spiro atoms. The predicted octanol–water partition coefficient (Wildman–Crippen LogP) is 1.18. The number of carbonyl (C=O) groups is 3. The van der Waals surface area contributed by atoms with Gasteiger partial charge in [0, 0.05) is 6.42 Å². The maximum absolute atomic E-state index is 11.5. The minimum absolute atomic E-state index is 0.286. The number of nitrogens with one attached hydrogen (secondary N) is 1. The molecule has 0 bridgehead atoms. The number of carboxylic acids is 1. The number of primary amides is 1. The van der Waals surface area contributed by atoms with E-state index >= 15 is 0 Å². The molecule has 0 fully saturated rings. The van der Waals surface area contributed by atoms with Crippen molar-refractivity contribution in [3.63, 3.8) is 0 Å². The first-order valence-corrected chi connectivity index (χ1v) is 6.77. The lowest BCUT2D eigenvalue weighted by Crippen LogP contribution is -2.43. The van der Waals surface area contributed by atoms with E-state index in [0.29, 0.717) is 0 Å². The zero-order chi connectivity index (χ0) is 14.7. The Hall–Kier alpha value is -1.59. The number of carbonyl (C=O) groups excluding carboxylic acids is 2. The molecular weight excluding hydrogens is 248 g/mol. The van der Waals surface area contributed by atoms with E-state index in [0.717, 1.165) is 25.7 Å². The van der Waals surface area contributed by atoms with Crippen LogP contribution < -0.4 is 11.1 Å². The molecule has 0 aliphatic heterocycles. The van der Waals surface area contributed by atoms with Gasteiger partial charge < -0.3 is 16.2 Å². The molecule has 0 heterocycles. The van der Waals surface area contributed by atoms with Crippen molar-refractivity contribution in [3.05, 3.63) is 0 Å². The van der Waals surface area contributed by atoms with E-state index < -0.39 is 17.9 Å². The van der Waals surface area contributed by atoms with Crippen LogP contribution in [0.3, 0.4) is 0 Å². The topological polar surface area (TPSA) is 109 Å². The average Bonchev–Trinajstić information content (AvgIpc) is 2.32. The summed E-state index contributed by atoms with van der Waals surface area (Å²) < 4.78 is 0. The highest BCUT2D eigenvalue weighted by Crippen LogP contribution is 2.07. The van der Waals surface area contributed by atoms with Crippen LogP contribution in [0.15, 0.2) is 0 Å². The van der Waals surface area contributed by atoms with Crippen LogP contribution in [0.4, 0.5) is 0 Å². The Morgan fingerprint density at radius 3 is 2.21 bits per heavy atom. The van der Waals surface area contributed by atoms with Gasteiger partial charge in [-0.05, 0) is 6.42 Å². The highest BCUT2D eigenvalue weighted by molar-refractivity contribution is 5.88. The summed E-state index contributed by atoms with van der Waals surface area (Å²) in [5.41, 5.74) is 4.92. The van der Waals surface area contributed by atoms with E-state index in [-0.39, 0.29) is 18.7 Å². The number of aliphatic carboxylic acids is 1. The summed E-state index contributed by atoms with van der Waals surface area (Å²) in [6.45, 7) is 2.14. The molecule has 0 rings (SSSR count). The summed E-state index contributed by atoms with van der Waals surface area (Å²) in [7, 11) is 0. The number of unbranched alkanes of at least 4 members (excludes halogenated alkanes) is 5. The third-order valence-corrected chi connectivity index (χ3v) is 2.80. The second-order valence-electron chi connectivity index (χ2n) is 4.65. The normalized spacial score (nSPS) is 11.8. The first-order valence-electron chi connectivity index (χ1n) is 6.77. The van der Waals surface area contributed by atoms with Crippen molar-refractivity contribution >= 4 is 17.8 Å². The van der Waals surface area contributed by atoms with Gasteiger partial charge in [-0.25, -0.2) is 4.79 Å². The monoisotopic (exact) mass is 272 g/mol. The lowest BCUT2D eigenvalue weighted by molar-refractivity contribution is -0.143. The molecule has 0 aromatic rings. The number of rotatable bonds is 11. The summed E-state index contributed by atoms with van der Waals surface area (Å²) in [4.78, 5) is 33.0. The summed E-state index contributed by atoms with van der Waals surface area (Å²) in [5, 5.41) is 11.1. The molecule has 19 heavy (non-hydrogen) atoms. The minimum atomic E-state index is -1.24. The van der Waals surface area contributed by atoms with Crippen LogP contribution in [-0.2, 0) is 14.4 Å². The zero-order valence-electron chi connectivity index (χ0n) is 11.5. The van der Waals surface area contributed by atoms with Gasteiger partial charge in [0.15, 0.2) is 0 Å². The zero-order valence-corrected chi connectivity index (χ0v) is 11.5. The first kappa shape index (κ1) is 17.4. The van der Waals surface area contributed by atoms with Crippen LogP contribution in [0.2, 0.25) is 0 Å². The van der Waals surface area contributed by atoms with Gasteiger partial charge in [0.2, 0.25) is 11.8 Å². The Bertz CT molecular complexity index is 305. The maximum atomic E-state index is 11.5. The fraction of sp³-hybridized carbons (Fsp3) is 0.769. The summed E-state index contributed by atoms with van der Waals surface area (Å²) in [5.74, 6) is -2.33. The standard InChI is InChI=1S/C13H24N2O4/c1-2-3-4-5-6-7-8-12(17)15-10(13(18)19)9-11(14)16/h10H,2-9H2,1H3,(H2,14,16)(H,15,17)(H,18,19). The minimum Gasteiger partial charge on any atom is -0.480 e. The van der Waals surface area contributed by atoms with Crippen molar-refractivity contribution in [2.45, 2.75) is 64.3 Å². The van der Waals surface area contributed by atoms with Crippen molar-refractivity contribution < 1.29 is 19.5 Å². The molecule has 1 atom stereocenters. The number of hydrogen-bond donors (Lipinski definition) is 3. The van der Waals surface area contributed by atoms with E-state index in [2.05, 4.69) is 12.2 Å². The molecule has 0 aliphatic rings. The van der Waals surface area contributed by atoms with Gasteiger partial charge in [-0.1, -0.05) is 39.0 Å². The molecule has 110 valence electrons. The third-order valence-electron chi connectivity index (χ3n) is 2.80. The maximum Gasteiger partial charge on any atom is 0.326 e. The molecule has 6 heteroatoms. The Labute approximate surface area is 113 Å². The van der Waals surface area contributed by atoms with E-state index in [4.69, 9.17) is 10.8 Å². The van der Waals surface area contributed by atoms with Gasteiger partial charge in [0.05, 0.1) is 6.42 Å². The highest BCUT2D eigenvalue weighted by Gasteiger charge is 2.21. The van der Waals surface area contributed by atoms with Crippen LogP contribution in [0.25, 0.3) is 0 Å². The van der Waals surface area contributed by atoms with Crippen LogP contribution >= 0.6 is 0 Å². The molecule has 6 nitrogen and oxygen atoms in total. The van der Waals surface area contributed by atoms with Gasteiger partial charge in [0.1, 0.15) is 6.04 Å². The fourth-order valence-corrected chi connectivity index (χ4v) is 1.73. The van der Waals surface area contributed by atoms with Gasteiger partial charge in [-0.2, -0.15) is 0 Å². The first-order chi connectivity index (χ1) is 8.97. The largest absolute Gasteiger partial charge is 0.480 e. The smallest absolute Gasteiger partial charge is 0.326 e. The lowest BCUT2D eigenvalue weighted by Gasteiger charge is -2.12. The second kappa shape index (κ2) is 10.3. The number of hydrogen-bond acceptors (Lipinski definition) is 3. The summed E-state index contributed by atoms with van der Waals surface area (Å²) in [6.07, 6.45) is 6.23. The Morgan fingerprint density at radius 2 is 1.68 bits per heavy atom. The predicted molar refractivity (Wildman–Crippen MR) is 71.4 cm³/mol. The Morgan fingerprint density at radius 1 is 1.11 bits per heavy atom. The molecule has 0 aromatic carbocycles. The SMILES string of the molecule is CCCCCCCCC(=O)NC(CC(N)=O)C(=O)O. The lowest BCUT2D eigenvalue weighted by atomic mass is 10.1. The molecule has 0 saturated heterocycles. The highest BCUT2D eigenvalue weighted by atomic mass is 16.4. The van der Waals surface area contributed by atoms with E-state index in [1.54, 1.807) is 0 Å². The quantitative estimate of drug-likeness (QED) is 0.490. The number of amides is 2. The van der Waals surface area contributed by atoms with Crippen molar-refractivity contribution in [3.8, 4) is 0 Å². The molecule has 0 saturated carbocycles. The van der Waals surface area contributed by atoms with Crippen LogP contribution in [-0.4, -0.2) is 28.9 Å². The molecule has 0 aromatic heterocycles. The van der Waals surface area contributed by atoms with Crippen molar-refractivity contribution in [1.82, 2.24) is 5.32 Å². The number of nitrogens with two attached hydrogens (primary N) is 1. The van der Waals surface area contributed by atoms with Crippen LogP contribution in [0.5, 0.6) is 0 Å². The third kappa shape index (κ3) is 10.1. The van der Waals surface area contributed by atoms with Gasteiger partial charge in [-0.3, -0.25) is 9.59 Å². The van der Waals surface area contributed by atoms with Crippen molar-refractivity contribution in [1.29, 1.82) is 0 Å². The molecule has 0 radical (unpaired) electrons. The second-order valence-corrected chi connectivity index (χ2v) is 4.65.